The van der Waals surface area contributed by atoms with Crippen molar-refractivity contribution in [3.05, 3.63) is 125 Å². The van der Waals surface area contributed by atoms with Crippen molar-refractivity contribution in [2.75, 3.05) is 0 Å². The van der Waals surface area contributed by atoms with Crippen LogP contribution < -0.4 is 24.8 Å². The fraction of sp³-hybridized carbons (Fsp3) is 0.289. The summed E-state index contributed by atoms with van der Waals surface area (Å²) in [6, 6.07) is 33.4. The van der Waals surface area contributed by atoms with Crippen LogP contribution in [0.1, 0.15) is 75.4 Å². The Morgan fingerprint density at radius 1 is 0.814 bits per heavy atom. The minimum atomic E-state index is -1.17. The fourth-order valence-electron chi connectivity index (χ4n) is 7.12. The maximum absolute atomic E-state index is 2.51. The third kappa shape index (κ3) is 6.13. The SMILES string of the molecule is CC(C)c1cc2c(-c3ccc(C(C)(C)C)cc3)cccc2[cH-]1.CC1=C2c3ccn(-c4ccccc4)c3C1[Si]2(C)C.[Cl-].[Cl-].[Zr+3]. The quantitative estimate of drug-likeness (QED) is 0.188. The van der Waals surface area contributed by atoms with E-state index in [1.807, 2.05) is 0 Å². The van der Waals surface area contributed by atoms with Crippen LogP contribution in [0.25, 0.3) is 32.8 Å². The van der Waals surface area contributed by atoms with Gasteiger partial charge in [0, 0.05) is 23.1 Å². The molecule has 0 amide bonds. The Bertz CT molecular complexity index is 1730. The Morgan fingerprint density at radius 3 is 2.05 bits per heavy atom. The first-order chi connectivity index (χ1) is 19.0. The normalized spacial score (nSPS) is 15.9. The molecular weight excluding hydrogens is 661 g/mol. The van der Waals surface area contributed by atoms with Crippen LogP contribution in [0, 0.1) is 0 Å². The molecule has 221 valence electrons. The third-order valence-corrected chi connectivity index (χ3v) is 13.3. The Hall–Kier alpha value is -2.03. The molecule has 2 aliphatic heterocycles. The van der Waals surface area contributed by atoms with E-state index >= 15 is 0 Å². The van der Waals surface area contributed by atoms with Gasteiger partial charge in [-0.05, 0) is 53.1 Å². The topological polar surface area (TPSA) is 4.93 Å². The van der Waals surface area contributed by atoms with Crippen LogP contribution in [-0.2, 0) is 31.6 Å². The molecule has 1 atom stereocenters. The second-order valence-electron chi connectivity index (χ2n) is 13.6. The van der Waals surface area contributed by atoms with Gasteiger partial charge in [0.25, 0.3) is 0 Å². The monoisotopic (exact) mass is 700 g/mol. The number of fused-ring (bicyclic) bond motifs is 1. The van der Waals surface area contributed by atoms with Gasteiger partial charge >= 0.3 is 26.2 Å². The van der Waals surface area contributed by atoms with Crippen molar-refractivity contribution >= 4 is 24.0 Å². The predicted octanol–water partition coefficient (Wildman–Crippen LogP) is 4.80. The van der Waals surface area contributed by atoms with Gasteiger partial charge in [-0.1, -0.05) is 113 Å². The zero-order valence-corrected chi connectivity index (χ0v) is 31.6. The van der Waals surface area contributed by atoms with Crippen molar-refractivity contribution in [1.29, 1.82) is 0 Å². The number of aromatic nitrogens is 1. The minimum Gasteiger partial charge on any atom is -1.00 e. The van der Waals surface area contributed by atoms with E-state index in [9.17, 15) is 0 Å². The van der Waals surface area contributed by atoms with Crippen molar-refractivity contribution in [2.45, 2.75) is 71.5 Å². The van der Waals surface area contributed by atoms with Crippen LogP contribution in [0.4, 0.5) is 0 Å². The molecule has 43 heavy (non-hydrogen) atoms. The van der Waals surface area contributed by atoms with Crippen LogP contribution in [0.2, 0.25) is 13.1 Å². The molecule has 2 bridgehead atoms. The molecule has 0 fully saturated rings. The van der Waals surface area contributed by atoms with Gasteiger partial charge in [0.2, 0.25) is 0 Å². The van der Waals surface area contributed by atoms with Crippen molar-refractivity contribution in [1.82, 2.24) is 4.57 Å². The van der Waals surface area contributed by atoms with Crippen LogP contribution in [0.15, 0.2) is 103 Å². The Kier molecular flexibility index (Phi) is 10.8. The molecule has 5 aromatic rings. The van der Waals surface area contributed by atoms with Crippen LogP contribution in [0.5, 0.6) is 0 Å². The summed E-state index contributed by atoms with van der Waals surface area (Å²) in [6.45, 7) is 18.6. The van der Waals surface area contributed by atoms with Crippen LogP contribution in [-0.4, -0.2) is 12.6 Å². The van der Waals surface area contributed by atoms with Gasteiger partial charge in [-0.3, -0.25) is 0 Å². The van der Waals surface area contributed by atoms with Crippen molar-refractivity contribution in [3.8, 4) is 16.8 Å². The number of hydrogen-bond donors (Lipinski definition) is 0. The molecule has 1 unspecified atom stereocenters. The number of allylic oxidation sites excluding steroid dienone is 1. The van der Waals surface area contributed by atoms with E-state index in [2.05, 4.69) is 156 Å². The smallest absolute Gasteiger partial charge is 1.00 e. The van der Waals surface area contributed by atoms with Gasteiger partial charge in [0.15, 0.2) is 0 Å². The molecule has 0 N–H and O–H groups in total. The second kappa shape index (κ2) is 13.1. The maximum Gasteiger partial charge on any atom is 3.00 e. The first-order valence-electron chi connectivity index (χ1n) is 14.8. The van der Waals surface area contributed by atoms with E-state index in [0.29, 0.717) is 5.92 Å². The van der Waals surface area contributed by atoms with E-state index in [1.54, 1.807) is 16.5 Å². The Labute approximate surface area is 291 Å². The van der Waals surface area contributed by atoms with E-state index in [0.717, 1.165) is 5.54 Å². The van der Waals surface area contributed by atoms with Gasteiger partial charge in [0.05, 0.1) is 8.07 Å². The molecule has 1 aromatic heterocycles. The largest absolute Gasteiger partial charge is 3.00 e. The molecule has 1 nitrogen and oxygen atoms in total. The molecule has 3 aliphatic rings. The van der Waals surface area contributed by atoms with Crippen molar-refractivity contribution < 1.29 is 51.0 Å². The molecule has 3 heterocycles. The predicted molar refractivity (Wildman–Crippen MR) is 176 cm³/mol. The van der Waals surface area contributed by atoms with Crippen molar-refractivity contribution in [3.63, 3.8) is 0 Å². The summed E-state index contributed by atoms with van der Waals surface area (Å²) in [4.78, 5) is 0. The first kappa shape index (κ1) is 35.4. The zero-order valence-electron chi connectivity index (χ0n) is 26.6. The van der Waals surface area contributed by atoms with Gasteiger partial charge in [0.1, 0.15) is 0 Å². The molecule has 5 heteroatoms. The summed E-state index contributed by atoms with van der Waals surface area (Å²) >= 11 is 0. The van der Waals surface area contributed by atoms with Crippen molar-refractivity contribution in [2.24, 2.45) is 0 Å². The summed E-state index contributed by atoms with van der Waals surface area (Å²) in [6.07, 6.45) is 2.24. The second-order valence-corrected chi connectivity index (χ2v) is 18.1. The molecule has 0 saturated heterocycles. The average molecular weight is 703 g/mol. The first-order valence-corrected chi connectivity index (χ1v) is 17.8. The number of rotatable bonds is 3. The molecule has 0 saturated carbocycles. The maximum atomic E-state index is 2.51. The molecular formula is C38H42Cl2NSiZr. The van der Waals surface area contributed by atoms with Crippen LogP contribution in [0.3, 0.4) is 0 Å². The van der Waals surface area contributed by atoms with Crippen LogP contribution >= 0.6 is 0 Å². The Morgan fingerprint density at radius 2 is 1.47 bits per heavy atom. The van der Waals surface area contributed by atoms with Gasteiger partial charge in [-0.2, -0.15) is 6.07 Å². The summed E-state index contributed by atoms with van der Waals surface area (Å²) in [5.74, 6) is 0.573. The number of nitrogens with zero attached hydrogens (tertiary/aromatic N) is 1. The summed E-state index contributed by atoms with van der Waals surface area (Å²) in [5.41, 5.74) is 12.4. The molecule has 4 aromatic carbocycles. The van der Waals surface area contributed by atoms with E-state index in [1.165, 1.54) is 44.3 Å². The zero-order chi connectivity index (χ0) is 28.4. The van der Waals surface area contributed by atoms with E-state index in [-0.39, 0.29) is 56.4 Å². The van der Waals surface area contributed by atoms with Gasteiger partial charge in [-0.25, -0.2) is 0 Å². The Balaban J connectivity index is 0.000000223. The van der Waals surface area contributed by atoms with E-state index in [4.69, 9.17) is 0 Å². The molecule has 1 radical (unpaired) electrons. The fourth-order valence-corrected chi connectivity index (χ4v) is 11.5. The third-order valence-electron chi connectivity index (χ3n) is 9.20. The summed E-state index contributed by atoms with van der Waals surface area (Å²) < 4.78 is 2.40. The number of hydrogen-bond acceptors (Lipinski definition) is 0. The standard InChI is InChI=1S/C22H25.C16H17NSi.2ClH.Zr/c1-15(2)18-13-17-7-6-8-20(21(17)14-18)16-9-11-19(12-10-16)22(3,4)5;1-11-15-13-9-10-17(12-7-5-4-6-8-12)14(13)16(11)18(15,2)3;;;/h6-15H,1-5H3;4-10,16H,1-3H3;2*1H;/q-1;;;;+3/p-2. The number of halogens is 2. The minimum absolute atomic E-state index is 0. The van der Waals surface area contributed by atoms with E-state index < -0.39 is 8.07 Å². The number of benzene rings is 3. The molecule has 0 spiro atoms. The molecule has 8 rings (SSSR count). The summed E-state index contributed by atoms with van der Waals surface area (Å²) in [5, 5.41) is 4.44. The van der Waals surface area contributed by atoms with Gasteiger partial charge < -0.3 is 29.4 Å². The molecule has 1 aliphatic carbocycles. The average Bonchev–Trinajstić information content (AvgIpc) is 3.65. The number of para-hydroxylation sites is 1. The van der Waals surface area contributed by atoms with Gasteiger partial charge in [-0.15, -0.1) is 34.5 Å². The summed E-state index contributed by atoms with van der Waals surface area (Å²) in [7, 11) is -1.17.